The molecule has 6 heteroatoms. The second-order valence-corrected chi connectivity index (χ2v) is 5.89. The fraction of sp³-hybridized carbons (Fsp3) is 0.933. The number of carbonyl (C=O) groups is 1. The lowest BCUT2D eigenvalue weighted by molar-refractivity contribution is -0.124. The Bertz CT molecular complexity index is 299. The Morgan fingerprint density at radius 3 is 2.62 bits per heavy atom. The van der Waals surface area contributed by atoms with Crippen molar-refractivity contribution in [3.8, 4) is 0 Å². The van der Waals surface area contributed by atoms with Gasteiger partial charge in [-0.1, -0.05) is 12.8 Å². The van der Waals surface area contributed by atoms with E-state index in [-0.39, 0.29) is 30.5 Å². The largest absolute Gasteiger partial charge is 0.381 e. The molecule has 2 atom stereocenters. The van der Waals surface area contributed by atoms with Gasteiger partial charge in [0.25, 0.3) is 0 Å². The van der Waals surface area contributed by atoms with E-state index in [1.165, 1.54) is 12.8 Å². The summed E-state index contributed by atoms with van der Waals surface area (Å²) in [5.74, 6) is 0.548. The molecule has 0 aromatic rings. The maximum Gasteiger partial charge on any atom is 0.222 e. The molecule has 0 aromatic heterocycles. The molecule has 3 N–H and O–H groups in total. The summed E-state index contributed by atoms with van der Waals surface area (Å²) in [7, 11) is 0. The summed E-state index contributed by atoms with van der Waals surface area (Å²) < 4.78 is 11.0. The Hall–Kier alpha value is -0.360. The average Bonchev–Trinajstić information content (AvgIpc) is 2.49. The molecule has 2 fully saturated rings. The molecule has 1 saturated carbocycles. The molecule has 1 aliphatic carbocycles. The third-order valence-corrected chi connectivity index (χ3v) is 4.41. The van der Waals surface area contributed by atoms with Gasteiger partial charge in [-0.2, -0.15) is 0 Å². The molecule has 21 heavy (non-hydrogen) atoms. The first kappa shape index (κ1) is 18.7. The maximum absolute atomic E-state index is 12.0. The van der Waals surface area contributed by atoms with Crippen molar-refractivity contribution in [3.05, 3.63) is 0 Å². The van der Waals surface area contributed by atoms with Crippen molar-refractivity contribution in [2.45, 2.75) is 57.1 Å². The third kappa shape index (κ3) is 6.51. The van der Waals surface area contributed by atoms with Gasteiger partial charge in [-0.15, -0.1) is 12.4 Å². The third-order valence-electron chi connectivity index (χ3n) is 4.41. The van der Waals surface area contributed by atoms with Crippen molar-refractivity contribution in [2.75, 3.05) is 26.4 Å². The Kier molecular flexibility index (Phi) is 9.24. The lowest BCUT2D eigenvalue weighted by Crippen LogP contribution is -2.45. The minimum Gasteiger partial charge on any atom is -0.381 e. The van der Waals surface area contributed by atoms with Crippen LogP contribution in [0.5, 0.6) is 0 Å². The number of rotatable bonds is 6. The van der Waals surface area contributed by atoms with Crippen LogP contribution in [-0.4, -0.2) is 44.4 Å². The molecule has 2 aliphatic rings. The molecule has 0 spiro atoms. The van der Waals surface area contributed by atoms with Gasteiger partial charge in [0.15, 0.2) is 0 Å². The van der Waals surface area contributed by atoms with Crippen molar-refractivity contribution >= 4 is 18.3 Å². The highest BCUT2D eigenvalue weighted by atomic mass is 35.5. The molecule has 5 nitrogen and oxygen atoms in total. The second kappa shape index (κ2) is 10.4. The highest BCUT2D eigenvalue weighted by Crippen LogP contribution is 2.23. The number of carbonyl (C=O) groups excluding carboxylic acids is 1. The fourth-order valence-corrected chi connectivity index (χ4v) is 3.12. The molecule has 1 aliphatic heterocycles. The van der Waals surface area contributed by atoms with Gasteiger partial charge < -0.3 is 20.5 Å². The van der Waals surface area contributed by atoms with Crippen LogP contribution < -0.4 is 11.1 Å². The Morgan fingerprint density at radius 2 is 1.90 bits per heavy atom. The van der Waals surface area contributed by atoms with Crippen molar-refractivity contribution in [3.63, 3.8) is 0 Å². The molecule has 1 heterocycles. The zero-order chi connectivity index (χ0) is 14.2. The number of nitrogens with two attached hydrogens (primary N) is 1. The standard InChI is InChI=1S/C15H28N2O3.ClH/c16-11-12-3-1-2-4-14(12)17-15(18)7-10-20-13-5-8-19-9-6-13;/h12-14H,1-11,16H2,(H,17,18);1H. The average molecular weight is 321 g/mol. The topological polar surface area (TPSA) is 73.6 Å². The molecule has 0 bridgehead atoms. The number of ether oxygens (including phenoxy) is 2. The fourth-order valence-electron chi connectivity index (χ4n) is 3.12. The van der Waals surface area contributed by atoms with Crippen LogP contribution in [0.15, 0.2) is 0 Å². The van der Waals surface area contributed by atoms with Gasteiger partial charge in [0.05, 0.1) is 12.7 Å². The minimum atomic E-state index is 0. The maximum atomic E-state index is 12.0. The van der Waals surface area contributed by atoms with Gasteiger partial charge in [-0.05, 0) is 38.1 Å². The SMILES string of the molecule is Cl.NCC1CCCCC1NC(=O)CCOC1CCOCC1. The lowest BCUT2D eigenvalue weighted by atomic mass is 9.84. The molecular weight excluding hydrogens is 292 g/mol. The number of hydrogen-bond acceptors (Lipinski definition) is 4. The molecule has 0 radical (unpaired) electrons. The first-order valence-corrected chi connectivity index (χ1v) is 7.98. The summed E-state index contributed by atoms with van der Waals surface area (Å²) in [6, 6.07) is 0.268. The van der Waals surface area contributed by atoms with Gasteiger partial charge in [0, 0.05) is 25.7 Å². The number of hydrogen-bond donors (Lipinski definition) is 2. The highest BCUT2D eigenvalue weighted by molar-refractivity contribution is 5.85. The predicted octanol–water partition coefficient (Wildman–Crippen LogP) is 1.63. The van der Waals surface area contributed by atoms with Gasteiger partial charge in [0.1, 0.15) is 0 Å². The minimum absolute atomic E-state index is 0. The Morgan fingerprint density at radius 1 is 1.19 bits per heavy atom. The summed E-state index contributed by atoms with van der Waals surface area (Å²) in [5, 5.41) is 3.13. The Balaban J connectivity index is 0.00000220. The Labute approximate surface area is 133 Å². The van der Waals surface area contributed by atoms with E-state index in [2.05, 4.69) is 5.32 Å². The molecule has 0 aromatic carbocycles. The summed E-state index contributed by atoms with van der Waals surface area (Å²) in [6.07, 6.45) is 7.24. The van der Waals surface area contributed by atoms with E-state index in [4.69, 9.17) is 15.2 Å². The normalized spacial score (nSPS) is 26.9. The van der Waals surface area contributed by atoms with Gasteiger partial charge >= 0.3 is 0 Å². The number of amides is 1. The first-order chi connectivity index (χ1) is 9.79. The highest BCUT2D eigenvalue weighted by Gasteiger charge is 2.25. The van der Waals surface area contributed by atoms with E-state index < -0.39 is 0 Å². The van der Waals surface area contributed by atoms with Crippen LogP contribution in [0.3, 0.4) is 0 Å². The van der Waals surface area contributed by atoms with Crippen molar-refractivity contribution in [1.82, 2.24) is 5.32 Å². The van der Waals surface area contributed by atoms with Crippen molar-refractivity contribution in [2.24, 2.45) is 11.7 Å². The van der Waals surface area contributed by atoms with Gasteiger partial charge in [0.2, 0.25) is 5.91 Å². The monoisotopic (exact) mass is 320 g/mol. The van der Waals surface area contributed by atoms with E-state index in [0.717, 1.165) is 38.9 Å². The first-order valence-electron chi connectivity index (χ1n) is 7.98. The van der Waals surface area contributed by atoms with Crippen LogP contribution in [0.4, 0.5) is 0 Å². The number of halogens is 1. The second-order valence-electron chi connectivity index (χ2n) is 5.89. The van der Waals surface area contributed by atoms with Crippen LogP contribution in [-0.2, 0) is 14.3 Å². The van der Waals surface area contributed by atoms with Crippen LogP contribution in [0.25, 0.3) is 0 Å². The van der Waals surface area contributed by atoms with Crippen molar-refractivity contribution in [1.29, 1.82) is 0 Å². The summed E-state index contributed by atoms with van der Waals surface area (Å²) in [5.41, 5.74) is 5.78. The van der Waals surface area contributed by atoms with Gasteiger partial charge in [-0.25, -0.2) is 0 Å². The molecule has 124 valence electrons. The van der Waals surface area contributed by atoms with E-state index >= 15 is 0 Å². The lowest BCUT2D eigenvalue weighted by Gasteiger charge is -2.31. The van der Waals surface area contributed by atoms with Crippen molar-refractivity contribution < 1.29 is 14.3 Å². The van der Waals surface area contributed by atoms with Crippen LogP contribution in [0.2, 0.25) is 0 Å². The zero-order valence-corrected chi connectivity index (χ0v) is 13.5. The molecule has 2 unspecified atom stereocenters. The molecular formula is C15H29ClN2O3. The number of nitrogens with one attached hydrogen (secondary N) is 1. The molecule has 2 rings (SSSR count). The zero-order valence-electron chi connectivity index (χ0n) is 12.7. The smallest absolute Gasteiger partial charge is 0.222 e. The van der Waals surface area contributed by atoms with E-state index in [0.29, 0.717) is 25.5 Å². The van der Waals surface area contributed by atoms with E-state index in [9.17, 15) is 4.79 Å². The summed E-state index contributed by atoms with van der Waals surface area (Å²) in [6.45, 7) is 2.73. The van der Waals surface area contributed by atoms with Crippen LogP contribution >= 0.6 is 12.4 Å². The predicted molar refractivity (Wildman–Crippen MR) is 84.6 cm³/mol. The molecule has 1 amide bonds. The van der Waals surface area contributed by atoms with E-state index in [1.807, 2.05) is 0 Å². The summed E-state index contributed by atoms with van der Waals surface area (Å²) >= 11 is 0. The van der Waals surface area contributed by atoms with Crippen LogP contribution in [0.1, 0.15) is 44.9 Å². The summed E-state index contributed by atoms with van der Waals surface area (Å²) in [4.78, 5) is 12.0. The molecule has 1 saturated heterocycles. The van der Waals surface area contributed by atoms with Gasteiger partial charge in [-0.3, -0.25) is 4.79 Å². The quantitative estimate of drug-likeness (QED) is 0.780. The van der Waals surface area contributed by atoms with E-state index in [1.54, 1.807) is 0 Å². The van der Waals surface area contributed by atoms with Crippen LogP contribution in [0, 0.1) is 5.92 Å².